The quantitative estimate of drug-likeness (QED) is 0.459. The van der Waals surface area contributed by atoms with Crippen molar-refractivity contribution in [3.63, 3.8) is 0 Å². The van der Waals surface area contributed by atoms with E-state index >= 15 is 0 Å². The molecule has 8 heavy (non-hydrogen) atoms. The van der Waals surface area contributed by atoms with E-state index in [0.29, 0.717) is 0 Å². The number of nitrogens with zero attached hydrogens (tertiary/aromatic N) is 1. The topological polar surface area (TPSA) is 3.24 Å². The van der Waals surface area contributed by atoms with Crippen LogP contribution in [0.5, 0.6) is 0 Å². The first-order valence-electron chi connectivity index (χ1n) is 3.21. The molecule has 1 nitrogen and oxygen atoms in total. The summed E-state index contributed by atoms with van der Waals surface area (Å²) in [5.74, 6) is 0. The molecule has 1 heterocycles. The van der Waals surface area contributed by atoms with Crippen LogP contribution in [-0.2, 0) is 0 Å². The fourth-order valence-electron chi connectivity index (χ4n) is 1.20. The number of rotatable bonds is 0. The van der Waals surface area contributed by atoms with Crippen molar-refractivity contribution in [1.29, 1.82) is 0 Å². The Labute approximate surface area is 51.0 Å². The van der Waals surface area contributed by atoms with Crippen LogP contribution in [0.1, 0.15) is 19.8 Å². The Morgan fingerprint density at radius 2 is 2.38 bits per heavy atom. The Hall–Kier alpha value is -0.460. The Morgan fingerprint density at radius 3 is 2.62 bits per heavy atom. The third-order valence-corrected chi connectivity index (χ3v) is 1.75. The number of likely N-dealkylation sites (tertiary alicyclic amines) is 1. The average molecular weight is 111 g/mol. The van der Waals surface area contributed by atoms with Crippen LogP contribution in [0, 0.1) is 0 Å². The van der Waals surface area contributed by atoms with Gasteiger partial charge in [-0.2, -0.15) is 0 Å². The molecule has 0 atom stereocenters. The molecular formula is C7H13N. The van der Waals surface area contributed by atoms with E-state index in [2.05, 4.69) is 24.9 Å². The van der Waals surface area contributed by atoms with Crippen molar-refractivity contribution in [2.45, 2.75) is 19.8 Å². The highest BCUT2D eigenvalue weighted by Crippen LogP contribution is 2.17. The molecule has 0 aromatic rings. The SMILES string of the molecule is C/C=C1/CCCN1C. The maximum absolute atomic E-state index is 2.32. The molecule has 46 valence electrons. The minimum atomic E-state index is 1.25. The number of hydrogen-bond acceptors (Lipinski definition) is 1. The Bertz CT molecular complexity index is 105. The summed E-state index contributed by atoms with van der Waals surface area (Å²) in [6.07, 6.45) is 4.83. The van der Waals surface area contributed by atoms with Crippen LogP contribution in [0.2, 0.25) is 0 Å². The average Bonchev–Trinajstić information content (AvgIpc) is 2.14. The second kappa shape index (κ2) is 2.21. The van der Waals surface area contributed by atoms with E-state index < -0.39 is 0 Å². The van der Waals surface area contributed by atoms with E-state index in [-0.39, 0.29) is 0 Å². The van der Waals surface area contributed by atoms with Crippen LogP contribution < -0.4 is 0 Å². The van der Waals surface area contributed by atoms with Crippen LogP contribution in [0.15, 0.2) is 11.8 Å². The van der Waals surface area contributed by atoms with Crippen molar-refractivity contribution < 1.29 is 0 Å². The van der Waals surface area contributed by atoms with E-state index in [4.69, 9.17) is 0 Å². The highest BCUT2D eigenvalue weighted by Gasteiger charge is 2.09. The molecule has 0 radical (unpaired) electrons. The molecule has 1 saturated heterocycles. The first kappa shape index (κ1) is 5.67. The van der Waals surface area contributed by atoms with E-state index in [0.717, 1.165) is 0 Å². The predicted molar refractivity (Wildman–Crippen MR) is 35.6 cm³/mol. The molecule has 0 aromatic carbocycles. The molecule has 0 spiro atoms. The van der Waals surface area contributed by atoms with Crippen molar-refractivity contribution in [2.75, 3.05) is 13.6 Å². The van der Waals surface area contributed by atoms with Gasteiger partial charge in [-0.3, -0.25) is 0 Å². The minimum absolute atomic E-state index is 1.25. The summed E-state index contributed by atoms with van der Waals surface area (Å²) in [5, 5.41) is 0. The van der Waals surface area contributed by atoms with Gasteiger partial charge in [-0.15, -0.1) is 0 Å². The lowest BCUT2D eigenvalue weighted by molar-refractivity contribution is 0.480. The summed E-state index contributed by atoms with van der Waals surface area (Å²) in [5.41, 5.74) is 1.50. The molecular weight excluding hydrogens is 98.1 g/mol. The van der Waals surface area contributed by atoms with Crippen molar-refractivity contribution in [2.24, 2.45) is 0 Å². The van der Waals surface area contributed by atoms with Crippen LogP contribution in [0.25, 0.3) is 0 Å². The first-order chi connectivity index (χ1) is 3.84. The van der Waals surface area contributed by atoms with Gasteiger partial charge < -0.3 is 4.90 Å². The van der Waals surface area contributed by atoms with Gasteiger partial charge in [-0.05, 0) is 19.8 Å². The van der Waals surface area contributed by atoms with Crippen molar-refractivity contribution in [1.82, 2.24) is 4.90 Å². The van der Waals surface area contributed by atoms with Gasteiger partial charge in [-0.1, -0.05) is 6.08 Å². The van der Waals surface area contributed by atoms with Gasteiger partial charge in [0, 0.05) is 19.3 Å². The monoisotopic (exact) mass is 111 g/mol. The van der Waals surface area contributed by atoms with Crippen molar-refractivity contribution >= 4 is 0 Å². The van der Waals surface area contributed by atoms with Gasteiger partial charge in [0.2, 0.25) is 0 Å². The summed E-state index contributed by atoms with van der Waals surface area (Å²) < 4.78 is 0. The summed E-state index contributed by atoms with van der Waals surface area (Å²) in [6, 6.07) is 0. The molecule has 0 amide bonds. The maximum Gasteiger partial charge on any atom is 0.0175 e. The van der Waals surface area contributed by atoms with E-state index in [1.807, 2.05) is 0 Å². The van der Waals surface area contributed by atoms with Crippen molar-refractivity contribution in [3.8, 4) is 0 Å². The predicted octanol–water partition coefficient (Wildman–Crippen LogP) is 1.62. The van der Waals surface area contributed by atoms with Crippen molar-refractivity contribution in [3.05, 3.63) is 11.8 Å². The van der Waals surface area contributed by atoms with E-state index in [1.165, 1.54) is 25.1 Å². The molecule has 0 aromatic heterocycles. The second-order valence-electron chi connectivity index (χ2n) is 2.31. The number of allylic oxidation sites excluding steroid dienone is 2. The highest BCUT2D eigenvalue weighted by atomic mass is 15.1. The van der Waals surface area contributed by atoms with Gasteiger partial charge in [0.1, 0.15) is 0 Å². The van der Waals surface area contributed by atoms with Gasteiger partial charge >= 0.3 is 0 Å². The fraction of sp³-hybridized carbons (Fsp3) is 0.714. The summed E-state index contributed by atoms with van der Waals surface area (Å²) in [4.78, 5) is 2.32. The molecule has 1 rings (SSSR count). The molecule has 0 N–H and O–H groups in total. The zero-order valence-corrected chi connectivity index (χ0v) is 5.65. The standard InChI is InChI=1S/C7H13N/c1-3-7-5-4-6-8(7)2/h3H,4-6H2,1-2H3/b7-3-. The summed E-state index contributed by atoms with van der Waals surface area (Å²) in [6.45, 7) is 3.36. The molecule has 0 saturated carbocycles. The fourth-order valence-corrected chi connectivity index (χ4v) is 1.20. The summed E-state index contributed by atoms with van der Waals surface area (Å²) in [7, 11) is 2.16. The summed E-state index contributed by atoms with van der Waals surface area (Å²) >= 11 is 0. The zero-order valence-electron chi connectivity index (χ0n) is 5.65. The molecule has 1 aliphatic rings. The Balaban J connectivity index is 2.55. The molecule has 1 aliphatic heterocycles. The molecule has 1 fully saturated rings. The van der Waals surface area contributed by atoms with Crippen LogP contribution in [-0.4, -0.2) is 18.5 Å². The zero-order chi connectivity index (χ0) is 5.98. The van der Waals surface area contributed by atoms with Gasteiger partial charge in [-0.25, -0.2) is 0 Å². The van der Waals surface area contributed by atoms with Gasteiger partial charge in [0.15, 0.2) is 0 Å². The molecule has 0 unspecified atom stereocenters. The van der Waals surface area contributed by atoms with Crippen LogP contribution in [0.3, 0.4) is 0 Å². The lowest BCUT2D eigenvalue weighted by Gasteiger charge is -2.10. The lowest BCUT2D eigenvalue weighted by Crippen LogP contribution is -2.09. The molecule has 0 aliphatic carbocycles. The third-order valence-electron chi connectivity index (χ3n) is 1.75. The largest absolute Gasteiger partial charge is 0.378 e. The number of hydrogen-bond donors (Lipinski definition) is 0. The molecule has 1 heteroatoms. The van der Waals surface area contributed by atoms with Gasteiger partial charge in [0.05, 0.1) is 0 Å². The third kappa shape index (κ3) is 0.857. The Morgan fingerprint density at radius 1 is 1.62 bits per heavy atom. The lowest BCUT2D eigenvalue weighted by atomic mass is 10.3. The Kier molecular flexibility index (Phi) is 1.56. The second-order valence-corrected chi connectivity index (χ2v) is 2.31. The van der Waals surface area contributed by atoms with E-state index in [9.17, 15) is 0 Å². The van der Waals surface area contributed by atoms with Crippen LogP contribution >= 0.6 is 0 Å². The molecule has 0 bridgehead atoms. The van der Waals surface area contributed by atoms with Gasteiger partial charge in [0.25, 0.3) is 0 Å². The van der Waals surface area contributed by atoms with E-state index in [1.54, 1.807) is 0 Å². The van der Waals surface area contributed by atoms with Crippen LogP contribution in [0.4, 0.5) is 0 Å². The maximum atomic E-state index is 2.32. The normalized spacial score (nSPS) is 25.2. The minimum Gasteiger partial charge on any atom is -0.378 e. The smallest absolute Gasteiger partial charge is 0.0175 e. The highest BCUT2D eigenvalue weighted by molar-refractivity contribution is 5.02. The first-order valence-corrected chi connectivity index (χ1v) is 3.21.